The smallest absolute Gasteiger partial charge is 0.358 e. The van der Waals surface area contributed by atoms with Crippen LogP contribution in [0.3, 0.4) is 0 Å². The van der Waals surface area contributed by atoms with Crippen LogP contribution in [0.15, 0.2) is 6.20 Å². The van der Waals surface area contributed by atoms with Gasteiger partial charge in [0.15, 0.2) is 5.69 Å². The van der Waals surface area contributed by atoms with E-state index in [-0.39, 0.29) is 23.7 Å². The highest BCUT2D eigenvalue weighted by Crippen LogP contribution is 2.18. The van der Waals surface area contributed by atoms with Gasteiger partial charge in [-0.25, -0.2) is 9.48 Å². The molecule has 8 nitrogen and oxygen atoms in total. The number of nitrogens with one attached hydrogen (secondary N) is 1. The normalized spacial score (nSPS) is 23.6. The zero-order chi connectivity index (χ0) is 12.4. The molecule has 1 aliphatic rings. The lowest BCUT2D eigenvalue weighted by atomic mass is 10.2. The summed E-state index contributed by atoms with van der Waals surface area (Å²) in [5.41, 5.74) is -0.126. The maximum Gasteiger partial charge on any atom is 0.358 e. The first-order valence-electron chi connectivity index (χ1n) is 5.08. The van der Waals surface area contributed by atoms with Crippen LogP contribution in [0.25, 0.3) is 0 Å². The molecule has 2 N–H and O–H groups in total. The third kappa shape index (κ3) is 2.41. The molecular weight excluding hydrogens is 228 g/mol. The minimum Gasteiger partial charge on any atom is -0.476 e. The summed E-state index contributed by atoms with van der Waals surface area (Å²) in [6.07, 6.45) is 1.33. The highest BCUT2D eigenvalue weighted by Gasteiger charge is 2.31. The molecule has 0 saturated carbocycles. The first-order chi connectivity index (χ1) is 8.08. The number of rotatable bonds is 3. The summed E-state index contributed by atoms with van der Waals surface area (Å²) in [6, 6.07) is -0.435. The number of carbonyl (C=O) groups excluding carboxylic acids is 1. The lowest BCUT2D eigenvalue weighted by Gasteiger charge is -2.17. The van der Waals surface area contributed by atoms with Gasteiger partial charge < -0.3 is 15.2 Å². The quantitative estimate of drug-likeness (QED) is 0.705. The van der Waals surface area contributed by atoms with E-state index in [9.17, 15) is 9.59 Å². The summed E-state index contributed by atoms with van der Waals surface area (Å²) in [5, 5.41) is 18.7. The zero-order valence-electron chi connectivity index (χ0n) is 9.16. The highest BCUT2D eigenvalue weighted by atomic mass is 16.5. The Kier molecular flexibility index (Phi) is 3.05. The SMILES string of the molecule is CC(=O)N[C@@H]1COC[C@@H]1n1cc(C(=O)O)nn1. The van der Waals surface area contributed by atoms with Crippen molar-refractivity contribution in [3.8, 4) is 0 Å². The number of hydrogen-bond donors (Lipinski definition) is 2. The number of carboxylic acid groups (broad SMARTS) is 1. The number of aromatic nitrogens is 3. The Labute approximate surface area is 96.6 Å². The lowest BCUT2D eigenvalue weighted by molar-refractivity contribution is -0.119. The predicted molar refractivity (Wildman–Crippen MR) is 54.4 cm³/mol. The molecule has 0 aromatic carbocycles. The topological polar surface area (TPSA) is 106 Å². The van der Waals surface area contributed by atoms with Crippen molar-refractivity contribution in [2.45, 2.75) is 19.0 Å². The van der Waals surface area contributed by atoms with Crippen LogP contribution >= 0.6 is 0 Å². The number of amides is 1. The maximum absolute atomic E-state index is 11.0. The molecule has 2 heterocycles. The van der Waals surface area contributed by atoms with Gasteiger partial charge in [0.2, 0.25) is 5.91 Å². The molecule has 2 atom stereocenters. The lowest BCUT2D eigenvalue weighted by Crippen LogP contribution is -2.39. The van der Waals surface area contributed by atoms with Crippen molar-refractivity contribution in [2.24, 2.45) is 0 Å². The van der Waals surface area contributed by atoms with Crippen molar-refractivity contribution >= 4 is 11.9 Å². The van der Waals surface area contributed by atoms with Gasteiger partial charge in [0.25, 0.3) is 0 Å². The molecule has 1 fully saturated rings. The van der Waals surface area contributed by atoms with Crippen LogP contribution in [0.2, 0.25) is 0 Å². The van der Waals surface area contributed by atoms with Gasteiger partial charge in [-0.1, -0.05) is 5.21 Å². The van der Waals surface area contributed by atoms with Gasteiger partial charge in [0, 0.05) is 6.92 Å². The molecule has 0 radical (unpaired) electrons. The van der Waals surface area contributed by atoms with E-state index < -0.39 is 5.97 Å². The van der Waals surface area contributed by atoms with E-state index >= 15 is 0 Å². The summed E-state index contributed by atoms with van der Waals surface area (Å²) >= 11 is 0. The van der Waals surface area contributed by atoms with Gasteiger partial charge in [-0.3, -0.25) is 4.79 Å². The molecule has 0 aliphatic carbocycles. The van der Waals surface area contributed by atoms with Crippen LogP contribution in [0.4, 0.5) is 0 Å². The second-order valence-electron chi connectivity index (χ2n) is 3.80. The Morgan fingerprint density at radius 3 is 2.94 bits per heavy atom. The first-order valence-corrected chi connectivity index (χ1v) is 5.08. The van der Waals surface area contributed by atoms with Crippen LogP contribution in [0, 0.1) is 0 Å². The molecular formula is C9H12N4O4. The van der Waals surface area contributed by atoms with E-state index in [1.54, 1.807) is 0 Å². The third-order valence-corrected chi connectivity index (χ3v) is 2.51. The van der Waals surface area contributed by atoms with E-state index in [1.165, 1.54) is 17.8 Å². The van der Waals surface area contributed by atoms with Crippen molar-refractivity contribution in [2.75, 3.05) is 13.2 Å². The minimum atomic E-state index is -1.13. The van der Waals surface area contributed by atoms with Crippen molar-refractivity contribution in [3.63, 3.8) is 0 Å². The van der Waals surface area contributed by atoms with Gasteiger partial charge in [-0.05, 0) is 0 Å². The number of hydrogen-bond acceptors (Lipinski definition) is 5. The van der Waals surface area contributed by atoms with Crippen LogP contribution in [-0.2, 0) is 9.53 Å². The van der Waals surface area contributed by atoms with E-state index in [0.717, 1.165) is 0 Å². The molecule has 17 heavy (non-hydrogen) atoms. The Morgan fingerprint density at radius 2 is 2.35 bits per heavy atom. The number of nitrogens with zero attached hydrogens (tertiary/aromatic N) is 3. The second kappa shape index (κ2) is 4.50. The number of ether oxygens (including phenoxy) is 1. The van der Waals surface area contributed by atoms with Crippen molar-refractivity contribution in [3.05, 3.63) is 11.9 Å². The van der Waals surface area contributed by atoms with Crippen LogP contribution in [0.5, 0.6) is 0 Å². The fraction of sp³-hybridized carbons (Fsp3) is 0.556. The Bertz CT molecular complexity index is 444. The monoisotopic (exact) mass is 240 g/mol. The molecule has 0 bridgehead atoms. The first kappa shape index (κ1) is 11.5. The standard InChI is InChI=1S/C9H12N4O4/c1-5(14)10-7-3-17-4-8(7)13-2-6(9(15)16)11-12-13/h2,7-8H,3-4H2,1H3,(H,10,14)(H,15,16)/t7-,8+/m1/s1. The summed E-state index contributed by atoms with van der Waals surface area (Å²) in [7, 11) is 0. The maximum atomic E-state index is 11.0. The molecule has 92 valence electrons. The predicted octanol–water partition coefficient (Wildman–Crippen LogP) is -0.948. The molecule has 1 aromatic heterocycles. The van der Waals surface area contributed by atoms with E-state index in [4.69, 9.17) is 9.84 Å². The average molecular weight is 240 g/mol. The number of carboxylic acids is 1. The Balaban J connectivity index is 2.14. The van der Waals surface area contributed by atoms with Crippen molar-refractivity contribution in [1.82, 2.24) is 20.3 Å². The summed E-state index contributed by atoms with van der Waals surface area (Å²) in [5.74, 6) is -1.30. The summed E-state index contributed by atoms with van der Waals surface area (Å²) in [6.45, 7) is 2.17. The van der Waals surface area contributed by atoms with E-state index in [2.05, 4.69) is 15.6 Å². The van der Waals surface area contributed by atoms with Gasteiger partial charge in [-0.15, -0.1) is 5.10 Å². The van der Waals surface area contributed by atoms with Crippen molar-refractivity contribution < 1.29 is 19.4 Å². The molecule has 2 rings (SSSR count). The molecule has 0 spiro atoms. The van der Waals surface area contributed by atoms with Crippen LogP contribution in [0.1, 0.15) is 23.5 Å². The molecule has 1 amide bonds. The third-order valence-electron chi connectivity index (χ3n) is 2.51. The highest BCUT2D eigenvalue weighted by molar-refractivity contribution is 5.84. The molecule has 1 aromatic rings. The molecule has 1 aliphatic heterocycles. The Morgan fingerprint density at radius 1 is 1.59 bits per heavy atom. The van der Waals surface area contributed by atoms with E-state index in [1.807, 2.05) is 0 Å². The number of aromatic carboxylic acids is 1. The summed E-state index contributed by atoms with van der Waals surface area (Å²) < 4.78 is 6.66. The zero-order valence-corrected chi connectivity index (χ0v) is 9.16. The fourth-order valence-electron chi connectivity index (χ4n) is 1.74. The van der Waals surface area contributed by atoms with Gasteiger partial charge >= 0.3 is 5.97 Å². The second-order valence-corrected chi connectivity index (χ2v) is 3.80. The van der Waals surface area contributed by atoms with Crippen molar-refractivity contribution in [1.29, 1.82) is 0 Å². The molecule has 0 unspecified atom stereocenters. The van der Waals surface area contributed by atoms with Crippen LogP contribution < -0.4 is 5.32 Å². The summed E-state index contributed by atoms with van der Waals surface area (Å²) in [4.78, 5) is 21.7. The number of carbonyl (C=O) groups is 2. The fourth-order valence-corrected chi connectivity index (χ4v) is 1.74. The average Bonchev–Trinajstić information content (AvgIpc) is 2.83. The largest absolute Gasteiger partial charge is 0.476 e. The van der Waals surface area contributed by atoms with Crippen LogP contribution in [-0.4, -0.2) is 51.2 Å². The van der Waals surface area contributed by atoms with Gasteiger partial charge in [-0.2, -0.15) is 0 Å². The molecule has 1 saturated heterocycles. The van der Waals surface area contributed by atoms with E-state index in [0.29, 0.717) is 13.2 Å². The van der Waals surface area contributed by atoms with Gasteiger partial charge in [0.05, 0.1) is 31.5 Å². The Hall–Kier alpha value is -1.96. The molecule has 8 heteroatoms. The van der Waals surface area contributed by atoms with Gasteiger partial charge in [0.1, 0.15) is 0 Å². The minimum absolute atomic E-state index is 0.126.